The zero-order chi connectivity index (χ0) is 17.6. The quantitative estimate of drug-likeness (QED) is 0.712. The molecule has 128 valence electrons. The molecular weight excluding hydrogens is 312 g/mol. The Morgan fingerprint density at radius 2 is 1.72 bits per heavy atom. The van der Waals surface area contributed by atoms with Crippen LogP contribution in [0.4, 0.5) is 5.69 Å². The van der Waals surface area contributed by atoms with Gasteiger partial charge in [-0.3, -0.25) is 4.79 Å². The first-order chi connectivity index (χ1) is 12.2. The lowest BCUT2D eigenvalue weighted by Crippen LogP contribution is -2.30. The van der Waals surface area contributed by atoms with Crippen LogP contribution in [0.5, 0.6) is 5.75 Å². The normalized spacial score (nSPS) is 11.9. The van der Waals surface area contributed by atoms with E-state index < -0.39 is 0 Å². The van der Waals surface area contributed by atoms with Gasteiger partial charge in [0.25, 0.3) is 0 Å². The van der Waals surface area contributed by atoms with Gasteiger partial charge in [-0.05, 0) is 24.4 Å². The molecular formula is C21H22N2O2. The predicted molar refractivity (Wildman–Crippen MR) is 102 cm³/mol. The van der Waals surface area contributed by atoms with Crippen LogP contribution in [0.25, 0.3) is 10.8 Å². The number of fused-ring (bicyclic) bond motifs is 1. The first kappa shape index (κ1) is 17.0. The summed E-state index contributed by atoms with van der Waals surface area (Å²) in [5, 5.41) is 8.38. The summed E-state index contributed by atoms with van der Waals surface area (Å²) in [6, 6.07) is 21.7. The monoisotopic (exact) mass is 334 g/mol. The van der Waals surface area contributed by atoms with Crippen molar-refractivity contribution < 1.29 is 9.53 Å². The van der Waals surface area contributed by atoms with E-state index in [9.17, 15) is 4.79 Å². The molecule has 4 nitrogen and oxygen atoms in total. The van der Waals surface area contributed by atoms with Gasteiger partial charge in [0, 0.05) is 22.7 Å². The Morgan fingerprint density at radius 3 is 2.56 bits per heavy atom. The SMILES string of the molecule is COc1ccccc1C(C)NCC(=O)Nc1cccc2ccccc12. The van der Waals surface area contributed by atoms with Crippen molar-refractivity contribution in [2.45, 2.75) is 13.0 Å². The average Bonchev–Trinajstić information content (AvgIpc) is 2.66. The minimum absolute atomic E-state index is 0.00872. The highest BCUT2D eigenvalue weighted by Crippen LogP contribution is 2.25. The topological polar surface area (TPSA) is 50.4 Å². The van der Waals surface area contributed by atoms with E-state index in [1.165, 1.54) is 0 Å². The Bertz CT molecular complexity index is 871. The van der Waals surface area contributed by atoms with Crippen LogP contribution in [0.3, 0.4) is 0 Å². The third-order valence-electron chi connectivity index (χ3n) is 4.24. The van der Waals surface area contributed by atoms with Gasteiger partial charge in [0.1, 0.15) is 5.75 Å². The molecule has 3 aromatic carbocycles. The highest BCUT2D eigenvalue weighted by molar-refractivity contribution is 6.02. The lowest BCUT2D eigenvalue weighted by atomic mass is 10.1. The van der Waals surface area contributed by atoms with Crippen molar-refractivity contribution in [3.63, 3.8) is 0 Å². The number of anilines is 1. The van der Waals surface area contributed by atoms with Crippen LogP contribution < -0.4 is 15.4 Å². The van der Waals surface area contributed by atoms with Crippen molar-refractivity contribution in [3.05, 3.63) is 72.3 Å². The Balaban J connectivity index is 1.65. The summed E-state index contributed by atoms with van der Waals surface area (Å²) in [6.45, 7) is 2.24. The molecule has 0 saturated heterocycles. The molecule has 4 heteroatoms. The number of amides is 1. The summed E-state index contributed by atoms with van der Waals surface area (Å²) >= 11 is 0. The van der Waals surface area contributed by atoms with E-state index in [4.69, 9.17) is 4.74 Å². The zero-order valence-electron chi connectivity index (χ0n) is 14.5. The molecule has 0 spiro atoms. The average molecular weight is 334 g/mol. The molecule has 0 aliphatic rings. The molecule has 0 saturated carbocycles. The van der Waals surface area contributed by atoms with Gasteiger partial charge in [0.2, 0.25) is 5.91 Å². The summed E-state index contributed by atoms with van der Waals surface area (Å²) in [6.07, 6.45) is 0. The van der Waals surface area contributed by atoms with Crippen LogP contribution in [-0.2, 0) is 4.79 Å². The van der Waals surface area contributed by atoms with Crippen LogP contribution >= 0.6 is 0 Å². The molecule has 0 aliphatic carbocycles. The second kappa shape index (κ2) is 7.81. The van der Waals surface area contributed by atoms with E-state index in [0.717, 1.165) is 27.8 Å². The molecule has 25 heavy (non-hydrogen) atoms. The van der Waals surface area contributed by atoms with Gasteiger partial charge in [0.05, 0.1) is 13.7 Å². The van der Waals surface area contributed by atoms with Gasteiger partial charge in [0.15, 0.2) is 0 Å². The van der Waals surface area contributed by atoms with Crippen molar-refractivity contribution >= 4 is 22.4 Å². The summed E-state index contributed by atoms with van der Waals surface area (Å²) in [7, 11) is 1.65. The maximum atomic E-state index is 12.3. The molecule has 0 bridgehead atoms. The Kier molecular flexibility index (Phi) is 5.31. The highest BCUT2D eigenvalue weighted by atomic mass is 16.5. The minimum atomic E-state index is -0.0712. The molecule has 2 N–H and O–H groups in total. The molecule has 1 amide bonds. The first-order valence-corrected chi connectivity index (χ1v) is 8.33. The van der Waals surface area contributed by atoms with Crippen LogP contribution in [0, 0.1) is 0 Å². The molecule has 0 fully saturated rings. The Labute approximate surface area is 147 Å². The second-order valence-corrected chi connectivity index (χ2v) is 5.92. The number of carbonyl (C=O) groups excluding carboxylic acids is 1. The van der Waals surface area contributed by atoms with E-state index in [1.54, 1.807) is 7.11 Å². The highest BCUT2D eigenvalue weighted by Gasteiger charge is 2.12. The van der Waals surface area contributed by atoms with Crippen molar-refractivity contribution in [2.24, 2.45) is 0 Å². The number of methoxy groups -OCH3 is 1. The summed E-state index contributed by atoms with van der Waals surface area (Å²) < 4.78 is 5.38. The van der Waals surface area contributed by atoms with Gasteiger partial charge in [-0.1, -0.05) is 54.6 Å². The molecule has 0 heterocycles. The number of ether oxygens (including phenoxy) is 1. The van der Waals surface area contributed by atoms with Crippen molar-refractivity contribution in [1.29, 1.82) is 0 Å². The van der Waals surface area contributed by atoms with Crippen LogP contribution in [0.1, 0.15) is 18.5 Å². The molecule has 1 unspecified atom stereocenters. The number of hydrogen-bond donors (Lipinski definition) is 2. The van der Waals surface area contributed by atoms with Gasteiger partial charge < -0.3 is 15.4 Å². The number of carbonyl (C=O) groups is 1. The van der Waals surface area contributed by atoms with Gasteiger partial charge in [-0.15, -0.1) is 0 Å². The first-order valence-electron chi connectivity index (χ1n) is 8.33. The fraction of sp³-hybridized carbons (Fsp3) is 0.190. The molecule has 3 rings (SSSR count). The number of para-hydroxylation sites is 1. The third kappa shape index (κ3) is 3.98. The largest absolute Gasteiger partial charge is 0.496 e. The van der Waals surface area contributed by atoms with Gasteiger partial charge in [-0.2, -0.15) is 0 Å². The Hall–Kier alpha value is -2.85. The third-order valence-corrected chi connectivity index (χ3v) is 4.24. The lowest BCUT2D eigenvalue weighted by Gasteiger charge is -2.17. The number of nitrogens with one attached hydrogen (secondary N) is 2. The molecule has 1 atom stereocenters. The fourth-order valence-electron chi connectivity index (χ4n) is 2.91. The van der Waals surface area contributed by atoms with Gasteiger partial charge >= 0.3 is 0 Å². The standard InChI is InChI=1S/C21H22N2O2/c1-15(17-10-5-6-13-20(17)25-2)22-14-21(24)23-19-12-7-9-16-8-3-4-11-18(16)19/h3-13,15,22H,14H2,1-2H3,(H,23,24). The number of hydrogen-bond acceptors (Lipinski definition) is 3. The summed E-state index contributed by atoms with van der Waals surface area (Å²) in [5.74, 6) is 0.745. The molecule has 0 aliphatic heterocycles. The van der Waals surface area contributed by atoms with Crippen molar-refractivity contribution in [1.82, 2.24) is 5.32 Å². The summed E-state index contributed by atoms with van der Waals surface area (Å²) in [4.78, 5) is 12.3. The van der Waals surface area contributed by atoms with E-state index in [2.05, 4.69) is 10.6 Å². The zero-order valence-corrected chi connectivity index (χ0v) is 14.5. The second-order valence-electron chi connectivity index (χ2n) is 5.92. The smallest absolute Gasteiger partial charge is 0.238 e. The predicted octanol–water partition coefficient (Wildman–Crippen LogP) is 4.14. The van der Waals surface area contributed by atoms with E-state index in [1.807, 2.05) is 73.7 Å². The fourth-order valence-corrected chi connectivity index (χ4v) is 2.91. The van der Waals surface area contributed by atoms with E-state index >= 15 is 0 Å². The van der Waals surface area contributed by atoms with Crippen LogP contribution in [-0.4, -0.2) is 19.6 Å². The van der Waals surface area contributed by atoms with Gasteiger partial charge in [-0.25, -0.2) is 0 Å². The molecule has 0 aromatic heterocycles. The number of rotatable bonds is 6. The van der Waals surface area contributed by atoms with E-state index in [-0.39, 0.29) is 18.5 Å². The minimum Gasteiger partial charge on any atom is -0.496 e. The molecule has 0 radical (unpaired) electrons. The Morgan fingerprint density at radius 1 is 1.00 bits per heavy atom. The van der Waals surface area contributed by atoms with E-state index in [0.29, 0.717) is 0 Å². The van der Waals surface area contributed by atoms with Crippen LogP contribution in [0.15, 0.2) is 66.7 Å². The summed E-state index contributed by atoms with van der Waals surface area (Å²) in [5.41, 5.74) is 1.86. The lowest BCUT2D eigenvalue weighted by molar-refractivity contribution is -0.115. The number of benzene rings is 3. The van der Waals surface area contributed by atoms with Crippen molar-refractivity contribution in [2.75, 3.05) is 19.0 Å². The van der Waals surface area contributed by atoms with Crippen LogP contribution in [0.2, 0.25) is 0 Å². The maximum Gasteiger partial charge on any atom is 0.238 e. The van der Waals surface area contributed by atoms with Crippen molar-refractivity contribution in [3.8, 4) is 5.75 Å². The maximum absolute atomic E-state index is 12.3. The molecule has 3 aromatic rings.